The maximum atomic E-state index is 12.2. The fourth-order valence-electron chi connectivity index (χ4n) is 2.35. The van der Waals surface area contributed by atoms with Crippen LogP contribution in [0.3, 0.4) is 0 Å². The molecule has 0 heterocycles. The van der Waals surface area contributed by atoms with Crippen molar-refractivity contribution < 1.29 is 9.72 Å². The number of nitrogens with zero attached hydrogens (tertiary/aromatic N) is 1. The van der Waals surface area contributed by atoms with Gasteiger partial charge in [0.1, 0.15) is 0 Å². The zero-order valence-corrected chi connectivity index (χ0v) is 12.5. The highest BCUT2D eigenvalue weighted by atomic mass is 35.5. The van der Waals surface area contributed by atoms with Crippen molar-refractivity contribution in [3.8, 4) is 0 Å². The van der Waals surface area contributed by atoms with Gasteiger partial charge in [0.05, 0.1) is 15.5 Å². The summed E-state index contributed by atoms with van der Waals surface area (Å²) in [5.41, 5.74) is 0.0291. The number of non-ortho nitro benzene ring substituents is 1. The van der Waals surface area contributed by atoms with Crippen LogP contribution >= 0.6 is 23.4 Å². The van der Waals surface area contributed by atoms with E-state index in [0.717, 1.165) is 19.3 Å². The van der Waals surface area contributed by atoms with E-state index >= 15 is 0 Å². The number of hydrogen-bond donors (Lipinski definition) is 1. The molecular weight excluding hydrogens is 300 g/mol. The summed E-state index contributed by atoms with van der Waals surface area (Å²) in [6.45, 7) is 0. The molecule has 0 aliphatic heterocycles. The van der Waals surface area contributed by atoms with Crippen molar-refractivity contribution in [3.63, 3.8) is 0 Å². The molecule has 1 aliphatic rings. The minimum atomic E-state index is -0.535. The zero-order valence-electron chi connectivity index (χ0n) is 11.0. The first-order valence-electron chi connectivity index (χ1n) is 6.29. The van der Waals surface area contributed by atoms with Crippen LogP contribution in [0.25, 0.3) is 0 Å². The number of carbonyl (C=O) groups is 1. The number of nitro groups is 1. The first-order valence-corrected chi connectivity index (χ1v) is 7.95. The van der Waals surface area contributed by atoms with E-state index in [-0.39, 0.29) is 28.2 Å². The first-order chi connectivity index (χ1) is 9.51. The van der Waals surface area contributed by atoms with Gasteiger partial charge in [-0.15, -0.1) is 0 Å². The van der Waals surface area contributed by atoms with Gasteiger partial charge >= 0.3 is 0 Å². The van der Waals surface area contributed by atoms with Gasteiger partial charge in [0, 0.05) is 23.4 Å². The highest BCUT2D eigenvalue weighted by molar-refractivity contribution is 7.99. The molecule has 108 valence electrons. The lowest BCUT2D eigenvalue weighted by Gasteiger charge is -2.13. The summed E-state index contributed by atoms with van der Waals surface area (Å²) in [5.74, 6) is -0.342. The molecule has 0 saturated heterocycles. The van der Waals surface area contributed by atoms with Crippen LogP contribution in [0.4, 0.5) is 5.69 Å². The van der Waals surface area contributed by atoms with Crippen molar-refractivity contribution in [1.29, 1.82) is 0 Å². The van der Waals surface area contributed by atoms with Gasteiger partial charge in [-0.1, -0.05) is 11.6 Å². The molecular formula is C13H15ClN2O3S. The second kappa shape index (κ2) is 6.45. The summed E-state index contributed by atoms with van der Waals surface area (Å²) in [4.78, 5) is 22.4. The molecule has 1 N–H and O–H groups in total. The SMILES string of the molecule is CSC1CCC(NC(=O)c2cc([N+](=O)[O-])ccc2Cl)C1. The fourth-order valence-corrected chi connectivity index (χ4v) is 3.35. The molecule has 1 aromatic carbocycles. The molecule has 2 atom stereocenters. The van der Waals surface area contributed by atoms with Gasteiger partial charge in [-0.3, -0.25) is 14.9 Å². The van der Waals surface area contributed by atoms with Crippen LogP contribution in [0.2, 0.25) is 5.02 Å². The Morgan fingerprint density at radius 3 is 2.85 bits per heavy atom. The monoisotopic (exact) mass is 314 g/mol. The number of thioether (sulfide) groups is 1. The highest BCUT2D eigenvalue weighted by Gasteiger charge is 2.26. The number of nitrogens with one attached hydrogen (secondary N) is 1. The van der Waals surface area contributed by atoms with Crippen LogP contribution < -0.4 is 5.32 Å². The maximum Gasteiger partial charge on any atom is 0.270 e. The largest absolute Gasteiger partial charge is 0.349 e. The number of amides is 1. The number of rotatable bonds is 4. The lowest BCUT2D eigenvalue weighted by molar-refractivity contribution is -0.384. The maximum absolute atomic E-state index is 12.2. The standard InChI is InChI=1S/C13H15ClN2O3S/c1-20-10-4-2-8(6-10)15-13(17)11-7-9(16(18)19)3-5-12(11)14/h3,5,7-8,10H,2,4,6H2,1H3,(H,15,17). The summed E-state index contributed by atoms with van der Waals surface area (Å²) < 4.78 is 0. The third-order valence-electron chi connectivity index (χ3n) is 3.46. The van der Waals surface area contributed by atoms with Gasteiger partial charge < -0.3 is 5.32 Å². The summed E-state index contributed by atoms with van der Waals surface area (Å²) >= 11 is 7.75. The lowest BCUT2D eigenvalue weighted by atomic mass is 10.1. The molecule has 1 aromatic rings. The first kappa shape index (κ1) is 15.1. The predicted octanol–water partition coefficient (Wildman–Crippen LogP) is 3.26. The smallest absolute Gasteiger partial charge is 0.270 e. The molecule has 0 spiro atoms. The molecule has 1 saturated carbocycles. The Bertz CT molecular complexity index is 538. The highest BCUT2D eigenvalue weighted by Crippen LogP contribution is 2.29. The minimum absolute atomic E-state index is 0.121. The molecule has 1 amide bonds. The summed E-state index contributed by atoms with van der Waals surface area (Å²) in [7, 11) is 0. The zero-order chi connectivity index (χ0) is 14.7. The molecule has 20 heavy (non-hydrogen) atoms. The Hall–Kier alpha value is -1.27. The number of nitro benzene ring substituents is 1. The van der Waals surface area contributed by atoms with E-state index in [9.17, 15) is 14.9 Å². The van der Waals surface area contributed by atoms with Crippen LogP contribution in [-0.4, -0.2) is 28.4 Å². The van der Waals surface area contributed by atoms with Crippen LogP contribution in [0.1, 0.15) is 29.6 Å². The van der Waals surface area contributed by atoms with E-state index in [1.165, 1.54) is 18.2 Å². The van der Waals surface area contributed by atoms with Gasteiger partial charge in [-0.05, 0) is 31.6 Å². The van der Waals surface area contributed by atoms with E-state index < -0.39 is 4.92 Å². The van der Waals surface area contributed by atoms with Crippen molar-refractivity contribution in [3.05, 3.63) is 38.9 Å². The van der Waals surface area contributed by atoms with E-state index in [0.29, 0.717) is 5.25 Å². The number of hydrogen-bond acceptors (Lipinski definition) is 4. The molecule has 0 aromatic heterocycles. The van der Waals surface area contributed by atoms with Gasteiger partial charge in [0.25, 0.3) is 11.6 Å². The Morgan fingerprint density at radius 2 is 2.25 bits per heavy atom. The second-order valence-electron chi connectivity index (χ2n) is 4.76. The van der Waals surface area contributed by atoms with E-state index in [1.807, 2.05) is 0 Å². The molecule has 2 unspecified atom stereocenters. The topological polar surface area (TPSA) is 72.2 Å². The molecule has 1 fully saturated rings. The van der Waals surface area contributed by atoms with Crippen molar-refractivity contribution >= 4 is 35.0 Å². The van der Waals surface area contributed by atoms with Crippen molar-refractivity contribution in [2.75, 3.05) is 6.26 Å². The average molecular weight is 315 g/mol. The number of carbonyl (C=O) groups excluding carboxylic acids is 1. The fraction of sp³-hybridized carbons (Fsp3) is 0.462. The average Bonchev–Trinajstić information content (AvgIpc) is 2.86. The minimum Gasteiger partial charge on any atom is -0.349 e. The summed E-state index contributed by atoms with van der Waals surface area (Å²) in [6.07, 6.45) is 5.00. The van der Waals surface area contributed by atoms with Crippen LogP contribution in [0, 0.1) is 10.1 Å². The molecule has 0 radical (unpaired) electrons. The van der Waals surface area contributed by atoms with Crippen molar-refractivity contribution in [2.24, 2.45) is 0 Å². The van der Waals surface area contributed by atoms with E-state index in [1.54, 1.807) is 11.8 Å². The van der Waals surface area contributed by atoms with Crippen LogP contribution in [0.15, 0.2) is 18.2 Å². The normalized spacial score (nSPS) is 21.7. The van der Waals surface area contributed by atoms with Gasteiger partial charge in [-0.25, -0.2) is 0 Å². The lowest BCUT2D eigenvalue weighted by Crippen LogP contribution is -2.33. The van der Waals surface area contributed by atoms with Crippen LogP contribution in [-0.2, 0) is 0 Å². The van der Waals surface area contributed by atoms with Gasteiger partial charge in [0.2, 0.25) is 0 Å². The van der Waals surface area contributed by atoms with Gasteiger partial charge in [-0.2, -0.15) is 11.8 Å². The quantitative estimate of drug-likeness (QED) is 0.684. The Morgan fingerprint density at radius 1 is 1.50 bits per heavy atom. The Balaban J connectivity index is 2.09. The summed E-state index contributed by atoms with van der Waals surface area (Å²) in [5, 5.41) is 14.4. The number of benzene rings is 1. The molecule has 2 rings (SSSR count). The Labute approximate surface area is 126 Å². The third-order valence-corrected chi connectivity index (χ3v) is 4.88. The van der Waals surface area contributed by atoms with E-state index in [4.69, 9.17) is 11.6 Å². The molecule has 0 bridgehead atoms. The molecule has 5 nitrogen and oxygen atoms in total. The van der Waals surface area contributed by atoms with Gasteiger partial charge in [0.15, 0.2) is 0 Å². The molecule has 7 heteroatoms. The summed E-state index contributed by atoms with van der Waals surface area (Å²) in [6, 6.07) is 4.01. The van der Waals surface area contributed by atoms with Crippen molar-refractivity contribution in [2.45, 2.75) is 30.6 Å². The van der Waals surface area contributed by atoms with Crippen molar-refractivity contribution in [1.82, 2.24) is 5.32 Å². The number of halogens is 1. The Kier molecular flexibility index (Phi) is 4.88. The van der Waals surface area contributed by atoms with Crippen LogP contribution in [0.5, 0.6) is 0 Å². The second-order valence-corrected chi connectivity index (χ2v) is 6.31. The predicted molar refractivity (Wildman–Crippen MR) is 80.5 cm³/mol. The third kappa shape index (κ3) is 3.43. The van der Waals surface area contributed by atoms with E-state index in [2.05, 4.69) is 11.6 Å². The molecule has 1 aliphatic carbocycles.